The summed E-state index contributed by atoms with van der Waals surface area (Å²) in [6, 6.07) is 23.6. The molecule has 1 heterocycles. The Hall–Kier alpha value is -5.93. The molecule has 0 atom stereocenters. The number of hydrogen-bond acceptors (Lipinski definition) is 11. The van der Waals surface area contributed by atoms with Gasteiger partial charge in [0.1, 0.15) is 49.4 Å². The Kier molecular flexibility index (Phi) is 23.7. The third-order valence-electron chi connectivity index (χ3n) is 12.3. The van der Waals surface area contributed by atoms with Gasteiger partial charge in [0.05, 0.1) is 26.4 Å². The topological polar surface area (TPSA) is 161 Å². The minimum Gasteiger partial charge on any atom is -0.491 e. The SMILES string of the molecule is CCCCCCCCCc1cc(=O)[nH]c(NC(=O)Nc2cc3c(OCCOCC)c(c2)Cc2cccc(c2OCCOCC)Cc2cccc(c2OCCOCC)Cc2cccc(c2OCCOCC)C3)n1. The first-order chi connectivity index (χ1) is 35.3. The van der Waals surface area contributed by atoms with Gasteiger partial charge in [-0.2, -0.15) is 0 Å². The van der Waals surface area contributed by atoms with E-state index in [4.69, 9.17) is 37.9 Å². The van der Waals surface area contributed by atoms with Crippen LogP contribution in [-0.2, 0) is 51.1 Å². The number of nitrogens with zero attached hydrogens (tertiary/aromatic N) is 1. The highest BCUT2D eigenvalue weighted by Crippen LogP contribution is 2.40. The molecule has 0 saturated heterocycles. The number of ether oxygens (including phenoxy) is 8. The zero-order chi connectivity index (χ0) is 50.8. The Morgan fingerprint density at radius 3 is 1.26 bits per heavy atom. The molecule has 0 radical (unpaired) electrons. The summed E-state index contributed by atoms with van der Waals surface area (Å²) >= 11 is 0. The van der Waals surface area contributed by atoms with Crippen molar-refractivity contribution in [3.05, 3.63) is 133 Å². The first kappa shape index (κ1) is 55.4. The van der Waals surface area contributed by atoms with Crippen molar-refractivity contribution < 1.29 is 42.7 Å². The van der Waals surface area contributed by atoms with E-state index < -0.39 is 6.03 Å². The lowest BCUT2D eigenvalue weighted by molar-refractivity contribution is 0.108. The number of aromatic amines is 1. The van der Waals surface area contributed by atoms with Crippen LogP contribution in [0.15, 0.2) is 77.6 Å². The maximum Gasteiger partial charge on any atom is 0.326 e. The van der Waals surface area contributed by atoms with Crippen LogP contribution in [0.5, 0.6) is 23.0 Å². The van der Waals surface area contributed by atoms with Gasteiger partial charge < -0.3 is 43.2 Å². The number of rotatable bonds is 30. The van der Waals surface area contributed by atoms with Gasteiger partial charge in [-0.25, -0.2) is 9.78 Å². The van der Waals surface area contributed by atoms with Gasteiger partial charge in [-0.1, -0.05) is 100 Å². The van der Waals surface area contributed by atoms with Crippen molar-refractivity contribution in [1.29, 1.82) is 0 Å². The Morgan fingerprint density at radius 1 is 0.486 bits per heavy atom. The molecule has 390 valence electrons. The largest absolute Gasteiger partial charge is 0.491 e. The molecule has 0 saturated carbocycles. The van der Waals surface area contributed by atoms with Crippen molar-refractivity contribution in [1.82, 2.24) is 9.97 Å². The Bertz CT molecular complexity index is 2390. The smallest absolute Gasteiger partial charge is 0.326 e. The van der Waals surface area contributed by atoms with Gasteiger partial charge in [-0.15, -0.1) is 0 Å². The highest BCUT2D eigenvalue weighted by Gasteiger charge is 2.23. The number of carbonyl (C=O) groups excluding carboxylic acids is 1. The first-order valence-electron chi connectivity index (χ1n) is 26.3. The predicted molar refractivity (Wildman–Crippen MR) is 284 cm³/mol. The molecule has 1 aliphatic rings. The number of unbranched alkanes of at least 4 members (excludes halogenated alkanes) is 6. The molecule has 5 aromatic rings. The minimum atomic E-state index is -0.556. The van der Waals surface area contributed by atoms with Crippen LogP contribution in [-0.4, -0.2) is 95.3 Å². The van der Waals surface area contributed by atoms with E-state index in [2.05, 4.69) is 82.1 Å². The van der Waals surface area contributed by atoms with Gasteiger partial charge in [-0.3, -0.25) is 15.1 Å². The lowest BCUT2D eigenvalue weighted by Crippen LogP contribution is -2.24. The van der Waals surface area contributed by atoms with E-state index in [1.165, 1.54) is 31.7 Å². The van der Waals surface area contributed by atoms with Gasteiger partial charge in [0.25, 0.3) is 5.56 Å². The standard InChI is InChI=1S/C58H78N4O10/c1-6-11-12-13-14-15-16-26-50-41-52(63)61-57(59-50)62-58(64)60-51-39-48-37-46-24-18-22-44(54(46)70-32-28-66-8-3)35-42-20-17-21-43(53(42)69-31-27-65-7-2)36-45-23-19-25-47(55(45)71-33-29-67-9-4)38-49(40-51)56(48)72-34-30-68-10-5/h17-25,39-41H,6-16,26-38H2,1-5H3,(H3,59,60,61,62,63,64). The third-order valence-corrected chi connectivity index (χ3v) is 12.3. The van der Waals surface area contributed by atoms with Crippen LogP contribution < -0.4 is 35.1 Å². The number of fused-ring (bicyclic) bond motifs is 8. The summed E-state index contributed by atoms with van der Waals surface area (Å²) in [6.07, 6.45) is 10.5. The van der Waals surface area contributed by atoms with Gasteiger partial charge in [0.15, 0.2) is 0 Å². The Morgan fingerprint density at radius 2 is 0.861 bits per heavy atom. The first-order valence-corrected chi connectivity index (χ1v) is 26.3. The van der Waals surface area contributed by atoms with Gasteiger partial charge in [0.2, 0.25) is 5.95 Å². The predicted octanol–water partition coefficient (Wildman–Crippen LogP) is 11.0. The van der Waals surface area contributed by atoms with Crippen LogP contribution in [0.1, 0.15) is 130 Å². The molecule has 1 aliphatic carbocycles. The molecule has 72 heavy (non-hydrogen) atoms. The van der Waals surface area contributed by atoms with Crippen LogP contribution in [0, 0.1) is 0 Å². The number of nitrogens with one attached hydrogen (secondary N) is 3. The van der Waals surface area contributed by atoms with E-state index in [1.54, 1.807) is 0 Å². The van der Waals surface area contributed by atoms with Crippen molar-refractivity contribution >= 4 is 17.7 Å². The fourth-order valence-corrected chi connectivity index (χ4v) is 9.02. The van der Waals surface area contributed by atoms with E-state index in [9.17, 15) is 9.59 Å². The summed E-state index contributed by atoms with van der Waals surface area (Å²) in [4.78, 5) is 34.2. The molecule has 2 amide bonds. The van der Waals surface area contributed by atoms with E-state index in [1.807, 2.05) is 39.8 Å². The number of amides is 2. The summed E-state index contributed by atoms with van der Waals surface area (Å²) in [6.45, 7) is 15.5. The number of H-pyrrole nitrogens is 1. The average Bonchev–Trinajstić information content (AvgIpc) is 3.36. The number of urea groups is 1. The lowest BCUT2D eigenvalue weighted by atomic mass is 9.91. The van der Waals surface area contributed by atoms with Crippen LogP contribution in [0.3, 0.4) is 0 Å². The number of aromatic nitrogens is 2. The van der Waals surface area contributed by atoms with Gasteiger partial charge >= 0.3 is 6.03 Å². The van der Waals surface area contributed by atoms with Crippen LogP contribution in [0.2, 0.25) is 0 Å². The van der Waals surface area contributed by atoms with E-state index in [-0.39, 0.29) is 11.5 Å². The molecule has 14 nitrogen and oxygen atoms in total. The Balaban J connectivity index is 1.45. The molecule has 0 spiro atoms. The van der Waals surface area contributed by atoms with Gasteiger partial charge in [0, 0.05) is 80.7 Å². The van der Waals surface area contributed by atoms with Crippen LogP contribution in [0.25, 0.3) is 0 Å². The van der Waals surface area contributed by atoms with Crippen molar-refractivity contribution in [2.45, 2.75) is 112 Å². The molecule has 0 unspecified atom stereocenters. The second kappa shape index (κ2) is 30.8. The van der Waals surface area contributed by atoms with Gasteiger partial charge in [-0.05, 0) is 86.1 Å². The number of para-hydroxylation sites is 3. The highest BCUT2D eigenvalue weighted by molar-refractivity contribution is 5.98. The van der Waals surface area contributed by atoms with Crippen molar-refractivity contribution in [2.24, 2.45) is 0 Å². The number of aryl methyl sites for hydroxylation is 1. The second-order valence-electron chi connectivity index (χ2n) is 17.8. The second-order valence-corrected chi connectivity index (χ2v) is 17.8. The molecule has 3 N–H and O–H groups in total. The van der Waals surface area contributed by atoms with Crippen molar-refractivity contribution in [3.8, 4) is 23.0 Å². The fraction of sp³-hybridized carbons (Fsp3) is 0.500. The van der Waals surface area contributed by atoms with E-state index >= 15 is 0 Å². The molecule has 14 heteroatoms. The van der Waals surface area contributed by atoms with Crippen molar-refractivity contribution in [3.63, 3.8) is 0 Å². The minimum absolute atomic E-state index is 0.0831. The number of carbonyl (C=O) groups is 1. The zero-order valence-electron chi connectivity index (χ0n) is 43.4. The normalized spacial score (nSPS) is 12.1. The summed E-state index contributed by atoms with van der Waals surface area (Å²) < 4.78 is 49.9. The number of hydrogen-bond donors (Lipinski definition) is 3. The van der Waals surface area contributed by atoms with E-state index in [0.29, 0.717) is 129 Å². The number of benzene rings is 4. The highest BCUT2D eigenvalue weighted by atomic mass is 16.5. The summed E-state index contributed by atoms with van der Waals surface area (Å²) in [7, 11) is 0. The molecule has 1 aromatic heterocycles. The summed E-state index contributed by atoms with van der Waals surface area (Å²) in [5, 5.41) is 5.88. The molecule has 4 aromatic carbocycles. The van der Waals surface area contributed by atoms with Crippen LogP contribution >= 0.6 is 0 Å². The maximum absolute atomic E-state index is 14.0. The van der Waals surface area contributed by atoms with E-state index in [0.717, 1.165) is 81.0 Å². The lowest BCUT2D eigenvalue weighted by Gasteiger charge is -2.23. The fourth-order valence-electron chi connectivity index (χ4n) is 9.02. The summed E-state index contributed by atoms with van der Waals surface area (Å²) in [5.74, 6) is 3.05. The quantitative estimate of drug-likeness (QED) is 0.0369. The van der Waals surface area contributed by atoms with Crippen LogP contribution in [0.4, 0.5) is 16.4 Å². The zero-order valence-corrected chi connectivity index (χ0v) is 43.4. The molecule has 6 rings (SSSR count). The molecule has 0 aliphatic heterocycles. The average molecular weight is 991 g/mol. The molecular weight excluding hydrogens is 913 g/mol. The number of anilines is 2. The summed E-state index contributed by atoms with van der Waals surface area (Å²) in [5.41, 5.74) is 8.30. The molecule has 0 fully saturated rings. The maximum atomic E-state index is 14.0. The monoisotopic (exact) mass is 991 g/mol. The molecule has 8 bridgehead atoms. The van der Waals surface area contributed by atoms with Crippen molar-refractivity contribution in [2.75, 3.05) is 89.9 Å². The molecular formula is C58H78N4O10. The Labute approximate surface area is 426 Å². The third kappa shape index (κ3) is 17.4.